The van der Waals surface area contributed by atoms with Crippen LogP contribution in [0.3, 0.4) is 0 Å². The van der Waals surface area contributed by atoms with Crippen LogP contribution in [0.5, 0.6) is 11.5 Å². The molecule has 0 radical (unpaired) electrons. The first kappa shape index (κ1) is 19.7. The van der Waals surface area contributed by atoms with E-state index >= 15 is 0 Å². The van der Waals surface area contributed by atoms with Crippen LogP contribution in [0.25, 0.3) is 0 Å². The molecular formula is C18H22N2O5S. The number of hydrogen-bond donors (Lipinski definition) is 2. The zero-order valence-corrected chi connectivity index (χ0v) is 15.7. The average Bonchev–Trinajstić information content (AvgIpc) is 2.64. The van der Waals surface area contributed by atoms with E-state index < -0.39 is 15.9 Å². The first-order valence-corrected chi connectivity index (χ1v) is 9.38. The van der Waals surface area contributed by atoms with E-state index in [0.29, 0.717) is 18.0 Å². The van der Waals surface area contributed by atoms with Crippen molar-refractivity contribution in [3.8, 4) is 11.5 Å². The summed E-state index contributed by atoms with van der Waals surface area (Å²) in [5, 5.41) is 2.68. The Balaban J connectivity index is 1.96. The van der Waals surface area contributed by atoms with Crippen molar-refractivity contribution < 1.29 is 22.7 Å². The molecule has 2 N–H and O–H groups in total. The molecule has 0 aliphatic rings. The number of benzene rings is 2. The highest BCUT2D eigenvalue weighted by Gasteiger charge is 2.18. The first-order chi connectivity index (χ1) is 12.4. The monoisotopic (exact) mass is 378 g/mol. The Labute approximate surface area is 153 Å². The minimum atomic E-state index is -3.85. The quantitative estimate of drug-likeness (QED) is 0.728. The third-order valence-corrected chi connectivity index (χ3v) is 5.06. The van der Waals surface area contributed by atoms with Crippen LogP contribution in [0, 0.1) is 6.92 Å². The van der Waals surface area contributed by atoms with Gasteiger partial charge in [0, 0.05) is 12.6 Å². The zero-order valence-electron chi connectivity index (χ0n) is 14.9. The van der Waals surface area contributed by atoms with E-state index in [1.54, 1.807) is 0 Å². The number of hydrogen-bond acceptors (Lipinski definition) is 5. The van der Waals surface area contributed by atoms with Gasteiger partial charge in [-0.05, 0) is 24.6 Å². The highest BCUT2D eigenvalue weighted by Crippen LogP contribution is 2.29. The van der Waals surface area contributed by atoms with E-state index in [4.69, 9.17) is 9.47 Å². The molecule has 0 aliphatic carbocycles. The van der Waals surface area contributed by atoms with Crippen LogP contribution in [-0.4, -0.2) is 35.1 Å². The first-order valence-electron chi connectivity index (χ1n) is 7.89. The molecule has 0 unspecified atom stereocenters. The predicted molar refractivity (Wildman–Crippen MR) is 97.8 cm³/mol. The maximum absolute atomic E-state index is 12.3. The van der Waals surface area contributed by atoms with Crippen molar-refractivity contribution in [3.63, 3.8) is 0 Å². The summed E-state index contributed by atoms with van der Waals surface area (Å²) in [5.41, 5.74) is 2.03. The molecule has 2 aromatic rings. The summed E-state index contributed by atoms with van der Waals surface area (Å²) in [7, 11) is -0.971. The summed E-state index contributed by atoms with van der Waals surface area (Å²) < 4.78 is 37.1. The molecule has 0 fully saturated rings. The van der Waals surface area contributed by atoms with Gasteiger partial charge in [-0.2, -0.15) is 0 Å². The van der Waals surface area contributed by atoms with Gasteiger partial charge in [-0.25, -0.2) is 13.1 Å². The lowest BCUT2D eigenvalue weighted by atomic mass is 10.1. The van der Waals surface area contributed by atoms with Gasteiger partial charge in [0.1, 0.15) is 0 Å². The summed E-state index contributed by atoms with van der Waals surface area (Å²) in [6.07, 6.45) is 0. The largest absolute Gasteiger partial charge is 0.493 e. The second-order valence-electron chi connectivity index (χ2n) is 5.61. The van der Waals surface area contributed by atoms with Gasteiger partial charge in [-0.15, -0.1) is 0 Å². The molecule has 26 heavy (non-hydrogen) atoms. The van der Waals surface area contributed by atoms with Crippen LogP contribution in [0.2, 0.25) is 0 Å². The lowest BCUT2D eigenvalue weighted by molar-refractivity contribution is -0.120. The standard InChI is InChI=1S/C18H22N2O5S/c1-13-5-4-6-14(9-13)11-19-18(21)12-20-26(22,23)15-7-8-16(24-2)17(10-15)25-3/h4-10,20H,11-12H2,1-3H3,(H,19,21). The van der Waals surface area contributed by atoms with Crippen molar-refractivity contribution in [1.82, 2.24) is 10.0 Å². The fraction of sp³-hybridized carbons (Fsp3) is 0.278. The van der Waals surface area contributed by atoms with Gasteiger partial charge in [0.05, 0.1) is 25.7 Å². The van der Waals surface area contributed by atoms with Gasteiger partial charge in [-0.3, -0.25) is 4.79 Å². The molecule has 0 saturated heterocycles. The van der Waals surface area contributed by atoms with Crippen molar-refractivity contribution in [2.24, 2.45) is 0 Å². The number of methoxy groups -OCH3 is 2. The number of aryl methyl sites for hydroxylation is 1. The van der Waals surface area contributed by atoms with Gasteiger partial charge < -0.3 is 14.8 Å². The van der Waals surface area contributed by atoms with Crippen LogP contribution in [0.1, 0.15) is 11.1 Å². The highest BCUT2D eigenvalue weighted by atomic mass is 32.2. The third kappa shape index (κ3) is 5.21. The van der Waals surface area contributed by atoms with Crippen molar-refractivity contribution in [2.75, 3.05) is 20.8 Å². The number of carbonyl (C=O) groups is 1. The van der Waals surface area contributed by atoms with Crippen LogP contribution in [-0.2, 0) is 21.4 Å². The van der Waals surface area contributed by atoms with Gasteiger partial charge >= 0.3 is 0 Å². The SMILES string of the molecule is COc1ccc(S(=O)(=O)NCC(=O)NCc2cccc(C)c2)cc1OC. The number of carbonyl (C=O) groups excluding carboxylic acids is 1. The molecule has 7 nitrogen and oxygen atoms in total. The Hall–Kier alpha value is -2.58. The Morgan fingerprint density at radius 2 is 1.77 bits per heavy atom. The van der Waals surface area contributed by atoms with Crippen molar-refractivity contribution in [1.29, 1.82) is 0 Å². The van der Waals surface area contributed by atoms with Crippen LogP contribution in [0.4, 0.5) is 0 Å². The van der Waals surface area contributed by atoms with Crippen molar-refractivity contribution in [2.45, 2.75) is 18.4 Å². The van der Waals surface area contributed by atoms with Gasteiger partial charge in [-0.1, -0.05) is 29.8 Å². The number of rotatable bonds is 8. The molecule has 8 heteroatoms. The van der Waals surface area contributed by atoms with E-state index in [1.807, 2.05) is 31.2 Å². The van der Waals surface area contributed by atoms with E-state index in [9.17, 15) is 13.2 Å². The van der Waals surface area contributed by atoms with Crippen molar-refractivity contribution >= 4 is 15.9 Å². The lowest BCUT2D eigenvalue weighted by Gasteiger charge is -2.11. The van der Waals surface area contributed by atoms with E-state index in [2.05, 4.69) is 10.0 Å². The lowest BCUT2D eigenvalue weighted by Crippen LogP contribution is -2.36. The van der Waals surface area contributed by atoms with E-state index in [0.717, 1.165) is 11.1 Å². The molecule has 0 saturated carbocycles. The number of ether oxygens (including phenoxy) is 2. The molecule has 0 aromatic heterocycles. The normalized spacial score (nSPS) is 11.0. The maximum Gasteiger partial charge on any atom is 0.241 e. The van der Waals surface area contributed by atoms with Crippen LogP contribution in [0.15, 0.2) is 47.4 Å². The average molecular weight is 378 g/mol. The molecule has 0 heterocycles. The number of amides is 1. The molecule has 1 amide bonds. The fourth-order valence-corrected chi connectivity index (χ4v) is 3.31. The second kappa shape index (κ2) is 8.68. The second-order valence-corrected chi connectivity index (χ2v) is 7.37. The highest BCUT2D eigenvalue weighted by molar-refractivity contribution is 7.89. The van der Waals surface area contributed by atoms with Crippen LogP contribution < -0.4 is 19.5 Å². The Morgan fingerprint density at radius 3 is 2.42 bits per heavy atom. The molecule has 2 aromatic carbocycles. The summed E-state index contributed by atoms with van der Waals surface area (Å²) in [5.74, 6) is 0.289. The van der Waals surface area contributed by atoms with E-state index in [1.165, 1.54) is 32.4 Å². The molecule has 140 valence electrons. The third-order valence-electron chi connectivity index (χ3n) is 3.66. The summed E-state index contributed by atoms with van der Waals surface area (Å²) in [6.45, 7) is 1.93. The Bertz CT molecular complexity index is 881. The van der Waals surface area contributed by atoms with Crippen LogP contribution >= 0.6 is 0 Å². The predicted octanol–water partition coefficient (Wildman–Crippen LogP) is 1.61. The Morgan fingerprint density at radius 1 is 1.04 bits per heavy atom. The molecule has 0 aliphatic heterocycles. The topological polar surface area (TPSA) is 93.7 Å². The van der Waals surface area contributed by atoms with Gasteiger partial charge in [0.2, 0.25) is 15.9 Å². The molecule has 0 spiro atoms. The number of sulfonamides is 1. The van der Waals surface area contributed by atoms with Crippen molar-refractivity contribution in [3.05, 3.63) is 53.6 Å². The maximum atomic E-state index is 12.3. The molecule has 0 bridgehead atoms. The van der Waals surface area contributed by atoms with E-state index in [-0.39, 0.29) is 11.4 Å². The van der Waals surface area contributed by atoms with Gasteiger partial charge in [0.15, 0.2) is 11.5 Å². The number of nitrogens with one attached hydrogen (secondary N) is 2. The minimum Gasteiger partial charge on any atom is -0.493 e. The van der Waals surface area contributed by atoms with Gasteiger partial charge in [0.25, 0.3) is 0 Å². The Kier molecular flexibility index (Phi) is 6.59. The summed E-state index contributed by atoms with van der Waals surface area (Å²) >= 11 is 0. The fourth-order valence-electron chi connectivity index (χ4n) is 2.31. The summed E-state index contributed by atoms with van der Waals surface area (Å²) in [6, 6.07) is 11.9. The molecule has 2 rings (SSSR count). The zero-order chi connectivity index (χ0) is 19.2. The minimum absolute atomic E-state index is 0.0124. The molecule has 0 atom stereocenters. The summed E-state index contributed by atoms with van der Waals surface area (Å²) in [4.78, 5) is 11.9. The molecular weight excluding hydrogens is 356 g/mol. The smallest absolute Gasteiger partial charge is 0.241 e.